The molecule has 1 N–H and O–H groups in total. The highest BCUT2D eigenvalue weighted by atomic mass is 79.9. The van der Waals surface area contributed by atoms with Crippen molar-refractivity contribution in [2.45, 2.75) is 20.0 Å². The van der Waals surface area contributed by atoms with Crippen LogP contribution in [0.3, 0.4) is 0 Å². The number of aromatic nitrogens is 2. The highest BCUT2D eigenvalue weighted by Gasteiger charge is 2.03. The number of anilines is 1. The Hall–Kier alpha value is -1.000. The number of hydrogen-bond donors (Lipinski definition) is 1. The van der Waals surface area contributed by atoms with Gasteiger partial charge in [-0.1, -0.05) is 11.6 Å². The fourth-order valence-corrected chi connectivity index (χ4v) is 2.17. The Morgan fingerprint density at radius 1 is 1.41 bits per heavy atom. The number of aryl methyl sites for hydroxylation is 1. The van der Waals surface area contributed by atoms with Gasteiger partial charge in [0.25, 0.3) is 0 Å². The van der Waals surface area contributed by atoms with Gasteiger partial charge in [0.2, 0.25) is 0 Å². The molecule has 0 radical (unpaired) electrons. The van der Waals surface area contributed by atoms with Gasteiger partial charge in [-0.15, -0.1) is 0 Å². The van der Waals surface area contributed by atoms with Gasteiger partial charge in [0, 0.05) is 22.2 Å². The van der Waals surface area contributed by atoms with Crippen LogP contribution in [0.4, 0.5) is 5.69 Å². The maximum atomic E-state index is 5.96. The van der Waals surface area contributed by atoms with E-state index in [0.29, 0.717) is 0 Å². The second-order valence-corrected chi connectivity index (χ2v) is 4.91. The molecule has 2 rings (SSSR count). The van der Waals surface area contributed by atoms with Crippen LogP contribution in [-0.2, 0) is 13.1 Å². The van der Waals surface area contributed by atoms with E-state index in [4.69, 9.17) is 11.6 Å². The highest BCUT2D eigenvalue weighted by molar-refractivity contribution is 9.10. The van der Waals surface area contributed by atoms with Crippen molar-refractivity contribution in [3.05, 3.63) is 45.7 Å². The van der Waals surface area contributed by atoms with Crippen molar-refractivity contribution in [1.29, 1.82) is 0 Å². The Balaban J connectivity index is 2.09. The molecule has 0 bridgehead atoms. The van der Waals surface area contributed by atoms with E-state index in [9.17, 15) is 0 Å². The molecule has 0 amide bonds. The summed E-state index contributed by atoms with van der Waals surface area (Å²) >= 11 is 9.44. The summed E-state index contributed by atoms with van der Waals surface area (Å²) < 4.78 is 2.97. The quantitative estimate of drug-likeness (QED) is 0.926. The minimum Gasteiger partial charge on any atom is -0.378 e. The van der Waals surface area contributed by atoms with Gasteiger partial charge in [0.05, 0.1) is 17.9 Å². The molecule has 90 valence electrons. The molecule has 0 fully saturated rings. The molecule has 1 heterocycles. The van der Waals surface area contributed by atoms with E-state index in [-0.39, 0.29) is 0 Å². The molecule has 1 aromatic heterocycles. The monoisotopic (exact) mass is 313 g/mol. The zero-order valence-corrected chi connectivity index (χ0v) is 11.8. The maximum absolute atomic E-state index is 5.96. The molecule has 0 aliphatic rings. The molecule has 0 aliphatic carbocycles. The minimum absolute atomic E-state index is 0.722. The molecule has 1 aromatic carbocycles. The van der Waals surface area contributed by atoms with Crippen molar-refractivity contribution in [3.63, 3.8) is 0 Å². The van der Waals surface area contributed by atoms with Crippen molar-refractivity contribution < 1.29 is 0 Å². The maximum Gasteiger partial charge on any atom is 0.0575 e. The summed E-state index contributed by atoms with van der Waals surface area (Å²) in [6.07, 6.45) is 1.81. The van der Waals surface area contributed by atoms with Gasteiger partial charge >= 0.3 is 0 Å². The van der Waals surface area contributed by atoms with Crippen molar-refractivity contribution in [2.75, 3.05) is 5.32 Å². The van der Waals surface area contributed by atoms with Crippen LogP contribution in [0.1, 0.15) is 12.6 Å². The van der Waals surface area contributed by atoms with Crippen LogP contribution in [0.25, 0.3) is 0 Å². The molecular formula is C12H13BrClN3. The summed E-state index contributed by atoms with van der Waals surface area (Å²) in [6, 6.07) is 7.70. The Morgan fingerprint density at radius 3 is 3.00 bits per heavy atom. The Kier molecular flexibility index (Phi) is 4.07. The van der Waals surface area contributed by atoms with Gasteiger partial charge in [-0.05, 0) is 47.1 Å². The smallest absolute Gasteiger partial charge is 0.0575 e. The van der Waals surface area contributed by atoms with Crippen molar-refractivity contribution in [1.82, 2.24) is 9.78 Å². The molecule has 3 nitrogen and oxygen atoms in total. The zero-order chi connectivity index (χ0) is 12.3. The third-order valence-corrected chi connectivity index (χ3v) is 3.42. The summed E-state index contributed by atoms with van der Waals surface area (Å²) in [5, 5.41) is 8.29. The number of nitrogens with zero attached hydrogens (tertiary/aromatic N) is 2. The largest absolute Gasteiger partial charge is 0.378 e. The number of hydrogen-bond acceptors (Lipinski definition) is 2. The first kappa shape index (κ1) is 12.5. The summed E-state index contributed by atoms with van der Waals surface area (Å²) in [5.41, 5.74) is 2.14. The Morgan fingerprint density at radius 2 is 2.24 bits per heavy atom. The van der Waals surface area contributed by atoms with E-state index in [2.05, 4.69) is 33.3 Å². The topological polar surface area (TPSA) is 29.9 Å². The number of benzene rings is 1. The van der Waals surface area contributed by atoms with Gasteiger partial charge in [-0.25, -0.2) is 0 Å². The van der Waals surface area contributed by atoms with Crippen LogP contribution < -0.4 is 5.32 Å². The average Bonchev–Trinajstić information content (AvgIpc) is 2.77. The lowest BCUT2D eigenvalue weighted by atomic mass is 10.3. The summed E-state index contributed by atoms with van der Waals surface area (Å²) in [7, 11) is 0. The lowest BCUT2D eigenvalue weighted by Crippen LogP contribution is -2.08. The minimum atomic E-state index is 0.722. The first-order valence-corrected chi connectivity index (χ1v) is 6.57. The predicted molar refractivity (Wildman–Crippen MR) is 74.4 cm³/mol. The van der Waals surface area contributed by atoms with Crippen LogP contribution >= 0.6 is 27.5 Å². The van der Waals surface area contributed by atoms with Gasteiger partial charge in [-0.3, -0.25) is 4.68 Å². The van der Waals surface area contributed by atoms with Crippen LogP contribution in [-0.4, -0.2) is 9.78 Å². The van der Waals surface area contributed by atoms with Crippen molar-refractivity contribution >= 4 is 33.2 Å². The molecule has 17 heavy (non-hydrogen) atoms. The second kappa shape index (κ2) is 5.56. The van der Waals surface area contributed by atoms with Crippen molar-refractivity contribution in [3.8, 4) is 0 Å². The van der Waals surface area contributed by atoms with Gasteiger partial charge in [-0.2, -0.15) is 5.10 Å². The standard InChI is InChI=1S/C12H13BrClN3/c1-2-17-10(5-6-16-17)8-15-12-7-9(14)3-4-11(12)13/h3-7,15H,2,8H2,1H3. The molecule has 0 aliphatic heterocycles. The summed E-state index contributed by atoms with van der Waals surface area (Å²) in [4.78, 5) is 0. The van der Waals surface area contributed by atoms with E-state index < -0.39 is 0 Å². The Labute approximate surface area is 114 Å². The predicted octanol–water partition coefficient (Wildman–Crippen LogP) is 3.93. The number of rotatable bonds is 4. The molecule has 2 aromatic rings. The first-order valence-electron chi connectivity index (χ1n) is 5.40. The fourth-order valence-electron chi connectivity index (χ4n) is 1.61. The number of nitrogens with one attached hydrogen (secondary N) is 1. The number of halogens is 2. The normalized spacial score (nSPS) is 10.5. The zero-order valence-electron chi connectivity index (χ0n) is 9.45. The lowest BCUT2D eigenvalue weighted by molar-refractivity contribution is 0.627. The highest BCUT2D eigenvalue weighted by Crippen LogP contribution is 2.26. The van der Waals surface area contributed by atoms with Gasteiger partial charge < -0.3 is 5.32 Å². The van der Waals surface area contributed by atoms with Crippen molar-refractivity contribution in [2.24, 2.45) is 0 Å². The third kappa shape index (κ3) is 3.01. The molecule has 5 heteroatoms. The fraction of sp³-hybridized carbons (Fsp3) is 0.250. The summed E-state index contributed by atoms with van der Waals surface area (Å²) in [5.74, 6) is 0. The summed E-state index contributed by atoms with van der Waals surface area (Å²) in [6.45, 7) is 3.68. The van der Waals surface area contributed by atoms with Crippen LogP contribution in [0.2, 0.25) is 5.02 Å². The van der Waals surface area contributed by atoms with E-state index in [0.717, 1.165) is 34.0 Å². The van der Waals surface area contributed by atoms with Crippen LogP contribution in [0.15, 0.2) is 34.9 Å². The van der Waals surface area contributed by atoms with Gasteiger partial charge in [0.15, 0.2) is 0 Å². The van der Waals surface area contributed by atoms with Crippen LogP contribution in [0.5, 0.6) is 0 Å². The van der Waals surface area contributed by atoms with E-state index in [1.54, 1.807) is 0 Å². The molecule has 0 saturated carbocycles. The molecule has 0 unspecified atom stereocenters. The SMILES string of the molecule is CCn1nccc1CNc1cc(Cl)ccc1Br. The Bertz CT molecular complexity index is 510. The molecule has 0 spiro atoms. The van der Waals surface area contributed by atoms with E-state index in [1.165, 1.54) is 0 Å². The van der Waals surface area contributed by atoms with Crippen LogP contribution in [0, 0.1) is 0 Å². The van der Waals surface area contributed by atoms with E-state index >= 15 is 0 Å². The van der Waals surface area contributed by atoms with E-state index in [1.807, 2.05) is 35.1 Å². The average molecular weight is 315 g/mol. The first-order chi connectivity index (χ1) is 8.20. The molecule has 0 saturated heterocycles. The molecular weight excluding hydrogens is 302 g/mol. The second-order valence-electron chi connectivity index (χ2n) is 3.62. The third-order valence-electron chi connectivity index (χ3n) is 2.49. The lowest BCUT2D eigenvalue weighted by Gasteiger charge is -2.10. The molecule has 0 atom stereocenters. The van der Waals surface area contributed by atoms with Gasteiger partial charge in [0.1, 0.15) is 0 Å².